The van der Waals surface area contributed by atoms with Crippen LogP contribution in [0.4, 0.5) is 11.5 Å². The number of aromatic nitrogens is 1. The Kier molecular flexibility index (Phi) is 2.86. The fraction of sp³-hybridized carbons (Fsp3) is 0.167. The van der Waals surface area contributed by atoms with Crippen LogP contribution in [0.1, 0.15) is 0 Å². The van der Waals surface area contributed by atoms with Crippen LogP contribution in [0.25, 0.3) is 0 Å². The van der Waals surface area contributed by atoms with Crippen LogP contribution in [0.15, 0.2) is 17.2 Å². The van der Waals surface area contributed by atoms with E-state index in [1.165, 1.54) is 7.05 Å². The van der Waals surface area contributed by atoms with E-state index in [1.54, 1.807) is 0 Å². The molecule has 0 saturated heterocycles. The van der Waals surface area contributed by atoms with Gasteiger partial charge in [0.05, 0.1) is 4.92 Å². The van der Waals surface area contributed by atoms with E-state index >= 15 is 0 Å². The monoisotopic (exact) mass is 232 g/mol. The maximum Gasteiger partial charge on any atom is 0.312 e. The molecule has 0 aliphatic rings. The third-order valence-electron chi connectivity index (χ3n) is 1.60. The fourth-order valence-electron chi connectivity index (χ4n) is 0.922. The SMILES string of the molecule is CNc1ncc(S(N)(=O)=O)cc1[N+](=O)[O-]. The topological polar surface area (TPSA) is 128 Å². The van der Waals surface area contributed by atoms with E-state index in [9.17, 15) is 18.5 Å². The van der Waals surface area contributed by atoms with E-state index in [1.807, 2.05) is 0 Å². The Morgan fingerprint density at radius 2 is 2.20 bits per heavy atom. The molecule has 15 heavy (non-hydrogen) atoms. The summed E-state index contributed by atoms with van der Waals surface area (Å²) in [5.74, 6) is -0.0209. The molecule has 3 N–H and O–H groups in total. The van der Waals surface area contributed by atoms with Gasteiger partial charge in [0.2, 0.25) is 15.8 Å². The molecule has 9 heteroatoms. The fourth-order valence-corrected chi connectivity index (χ4v) is 1.40. The minimum atomic E-state index is -3.98. The van der Waals surface area contributed by atoms with Gasteiger partial charge in [0.15, 0.2) is 0 Å². The lowest BCUT2D eigenvalue weighted by atomic mass is 10.4. The van der Waals surface area contributed by atoms with Crippen LogP contribution in [0.2, 0.25) is 0 Å². The second kappa shape index (κ2) is 3.79. The third kappa shape index (κ3) is 2.39. The predicted molar refractivity (Wildman–Crippen MR) is 51.8 cm³/mol. The van der Waals surface area contributed by atoms with Crippen LogP contribution in [0, 0.1) is 10.1 Å². The number of primary sulfonamides is 1. The average Bonchev–Trinajstić information content (AvgIpc) is 2.15. The second-order valence-electron chi connectivity index (χ2n) is 2.59. The summed E-state index contributed by atoms with van der Waals surface area (Å²) in [7, 11) is -2.54. The molecule has 0 radical (unpaired) electrons. The minimum absolute atomic E-state index is 0.0209. The molecule has 0 aliphatic heterocycles. The number of pyridine rings is 1. The van der Waals surface area contributed by atoms with Gasteiger partial charge in [0, 0.05) is 19.3 Å². The number of rotatable bonds is 3. The zero-order chi connectivity index (χ0) is 11.6. The predicted octanol–water partition coefficient (Wildman–Crippen LogP) is -0.321. The molecule has 0 saturated carbocycles. The number of nitro groups is 1. The summed E-state index contributed by atoms with van der Waals surface area (Å²) in [6.07, 6.45) is 0.953. The molecular formula is C6H8N4O4S. The number of sulfonamides is 1. The Hall–Kier alpha value is -1.74. The van der Waals surface area contributed by atoms with Crippen LogP contribution in [-0.4, -0.2) is 25.4 Å². The highest BCUT2D eigenvalue weighted by atomic mass is 32.2. The van der Waals surface area contributed by atoms with E-state index < -0.39 is 25.5 Å². The number of hydrogen-bond acceptors (Lipinski definition) is 6. The lowest BCUT2D eigenvalue weighted by molar-refractivity contribution is -0.384. The molecule has 82 valence electrons. The number of nitrogens with zero attached hydrogens (tertiary/aromatic N) is 2. The molecule has 0 atom stereocenters. The van der Waals surface area contributed by atoms with Gasteiger partial charge in [-0.1, -0.05) is 0 Å². The Morgan fingerprint density at radius 1 is 1.60 bits per heavy atom. The summed E-state index contributed by atoms with van der Waals surface area (Å²) in [5.41, 5.74) is -0.441. The van der Waals surface area contributed by atoms with Crippen LogP contribution in [-0.2, 0) is 10.0 Å². The quantitative estimate of drug-likeness (QED) is 0.542. The number of nitrogens with one attached hydrogen (secondary N) is 1. The highest BCUT2D eigenvalue weighted by Crippen LogP contribution is 2.23. The summed E-state index contributed by atoms with van der Waals surface area (Å²) in [5, 5.41) is 17.8. The number of hydrogen-bond donors (Lipinski definition) is 2. The summed E-state index contributed by atoms with van der Waals surface area (Å²) >= 11 is 0. The Morgan fingerprint density at radius 3 is 2.60 bits per heavy atom. The molecule has 0 bridgehead atoms. The largest absolute Gasteiger partial charge is 0.367 e. The van der Waals surface area contributed by atoms with Crippen LogP contribution in [0.3, 0.4) is 0 Å². The smallest absolute Gasteiger partial charge is 0.312 e. The zero-order valence-corrected chi connectivity index (χ0v) is 8.48. The maximum absolute atomic E-state index is 10.9. The van der Waals surface area contributed by atoms with Gasteiger partial charge in [-0.05, 0) is 0 Å². The first-order chi connectivity index (χ1) is 6.86. The van der Waals surface area contributed by atoms with Crippen LogP contribution in [0.5, 0.6) is 0 Å². The van der Waals surface area contributed by atoms with Crippen molar-refractivity contribution in [3.63, 3.8) is 0 Å². The van der Waals surface area contributed by atoms with E-state index in [2.05, 4.69) is 10.3 Å². The highest BCUT2D eigenvalue weighted by Gasteiger charge is 2.19. The van der Waals surface area contributed by atoms with Gasteiger partial charge in [0.25, 0.3) is 0 Å². The third-order valence-corrected chi connectivity index (χ3v) is 2.48. The normalized spacial score (nSPS) is 11.1. The summed E-state index contributed by atoms with van der Waals surface area (Å²) < 4.78 is 21.8. The Labute approximate surface area is 85.3 Å². The molecule has 1 rings (SSSR count). The minimum Gasteiger partial charge on any atom is -0.367 e. The van der Waals surface area contributed by atoms with Gasteiger partial charge in [-0.25, -0.2) is 18.5 Å². The van der Waals surface area contributed by atoms with Crippen molar-refractivity contribution in [3.05, 3.63) is 22.4 Å². The molecular weight excluding hydrogens is 224 g/mol. The zero-order valence-electron chi connectivity index (χ0n) is 7.67. The van der Waals surface area contributed by atoms with Crippen molar-refractivity contribution >= 4 is 21.5 Å². The Bertz CT molecular complexity index is 498. The first-order valence-corrected chi connectivity index (χ1v) is 5.26. The van der Waals surface area contributed by atoms with Crippen LogP contribution < -0.4 is 10.5 Å². The molecule has 1 aromatic heterocycles. The molecule has 0 fully saturated rings. The van der Waals surface area contributed by atoms with Crippen molar-refractivity contribution in [1.82, 2.24) is 4.98 Å². The highest BCUT2D eigenvalue weighted by molar-refractivity contribution is 7.89. The van der Waals surface area contributed by atoms with E-state index in [4.69, 9.17) is 5.14 Å². The number of nitrogens with two attached hydrogens (primary N) is 1. The van der Waals surface area contributed by atoms with Crippen LogP contribution >= 0.6 is 0 Å². The van der Waals surface area contributed by atoms with Crippen molar-refractivity contribution in [2.75, 3.05) is 12.4 Å². The van der Waals surface area contributed by atoms with Gasteiger partial charge in [0.1, 0.15) is 4.90 Å². The molecule has 8 nitrogen and oxygen atoms in total. The molecule has 1 aromatic rings. The van der Waals surface area contributed by atoms with E-state index in [0.717, 1.165) is 12.3 Å². The number of anilines is 1. The molecule has 1 heterocycles. The van der Waals surface area contributed by atoms with Crippen molar-refractivity contribution < 1.29 is 13.3 Å². The first-order valence-electron chi connectivity index (χ1n) is 3.71. The molecule has 0 aromatic carbocycles. The van der Waals surface area contributed by atoms with Gasteiger partial charge >= 0.3 is 5.69 Å². The summed E-state index contributed by atoms with van der Waals surface area (Å²) in [6.45, 7) is 0. The standard InChI is InChI=1S/C6H8N4O4S/c1-8-6-5(10(11)12)2-4(3-9-6)15(7,13)14/h2-3H,1H3,(H,8,9)(H2,7,13,14). The van der Waals surface area contributed by atoms with Gasteiger partial charge < -0.3 is 5.32 Å². The summed E-state index contributed by atoms with van der Waals surface area (Å²) in [4.78, 5) is 13.0. The van der Waals surface area contributed by atoms with Gasteiger partial charge in [-0.2, -0.15) is 0 Å². The first kappa shape index (κ1) is 11.3. The second-order valence-corrected chi connectivity index (χ2v) is 4.15. The lowest BCUT2D eigenvalue weighted by Gasteiger charge is -2.02. The van der Waals surface area contributed by atoms with E-state index in [0.29, 0.717) is 0 Å². The van der Waals surface area contributed by atoms with Crippen molar-refractivity contribution in [1.29, 1.82) is 0 Å². The molecule has 0 unspecified atom stereocenters. The molecule has 0 aliphatic carbocycles. The van der Waals surface area contributed by atoms with Gasteiger partial charge in [-0.3, -0.25) is 10.1 Å². The molecule has 0 spiro atoms. The molecule has 0 amide bonds. The average molecular weight is 232 g/mol. The van der Waals surface area contributed by atoms with Crippen molar-refractivity contribution in [2.24, 2.45) is 5.14 Å². The van der Waals surface area contributed by atoms with E-state index in [-0.39, 0.29) is 5.82 Å². The maximum atomic E-state index is 10.9. The van der Waals surface area contributed by atoms with Gasteiger partial charge in [-0.15, -0.1) is 0 Å². The lowest BCUT2D eigenvalue weighted by Crippen LogP contribution is -2.13. The van der Waals surface area contributed by atoms with Crippen molar-refractivity contribution in [3.8, 4) is 0 Å². The van der Waals surface area contributed by atoms with Crippen molar-refractivity contribution in [2.45, 2.75) is 4.90 Å². The summed E-state index contributed by atoms with van der Waals surface area (Å²) in [6, 6.07) is 0.855. The Balaban J connectivity index is 3.42.